The summed E-state index contributed by atoms with van der Waals surface area (Å²) in [6, 6.07) is 10.7. The number of ether oxygens (including phenoxy) is 2. The summed E-state index contributed by atoms with van der Waals surface area (Å²) >= 11 is 0. The van der Waals surface area contributed by atoms with Crippen LogP contribution >= 0.6 is 0 Å². The van der Waals surface area contributed by atoms with Crippen LogP contribution in [0.4, 0.5) is 0 Å². The Morgan fingerprint density at radius 3 is 2.56 bits per heavy atom. The third-order valence-corrected chi connectivity index (χ3v) is 7.15. The molecule has 1 aliphatic rings. The first-order valence-corrected chi connectivity index (χ1v) is 11.9. The molecule has 1 aromatic carbocycles. The summed E-state index contributed by atoms with van der Waals surface area (Å²) in [7, 11) is -3.28. The van der Waals surface area contributed by atoms with Crippen LogP contribution in [-0.2, 0) is 14.8 Å². The van der Waals surface area contributed by atoms with Crippen molar-refractivity contribution in [2.75, 3.05) is 38.7 Å². The number of carbonyl (C=O) groups excluding carboxylic acids is 1. The summed E-state index contributed by atoms with van der Waals surface area (Å²) in [6.07, 6.45) is 3.76. The van der Waals surface area contributed by atoms with Gasteiger partial charge in [0.05, 0.1) is 31.1 Å². The van der Waals surface area contributed by atoms with Crippen molar-refractivity contribution in [1.82, 2.24) is 14.3 Å². The number of hydrogen-bond acceptors (Lipinski definition) is 7. The molecule has 0 radical (unpaired) electrons. The number of aromatic nitrogens is 2. The van der Waals surface area contributed by atoms with Gasteiger partial charge in [-0.15, -0.1) is 0 Å². The number of pyridine rings is 2. The van der Waals surface area contributed by atoms with Gasteiger partial charge in [-0.3, -0.25) is 9.78 Å². The van der Waals surface area contributed by atoms with Crippen molar-refractivity contribution in [3.05, 3.63) is 54.5 Å². The summed E-state index contributed by atoms with van der Waals surface area (Å²) in [6.45, 7) is 1.98. The minimum atomic E-state index is -3.28. The molecule has 1 saturated heterocycles. The fraction of sp³-hybridized carbons (Fsp3) is 0.318. The van der Waals surface area contributed by atoms with Crippen LogP contribution in [-0.4, -0.2) is 67.3 Å². The maximum absolute atomic E-state index is 12.3. The summed E-state index contributed by atoms with van der Waals surface area (Å²) in [5.41, 5.74) is 7.82. The quantitative estimate of drug-likeness (QED) is 0.513. The molecule has 3 heterocycles. The minimum absolute atomic E-state index is 0.0423. The molecule has 2 N–H and O–H groups in total. The number of amides is 1. The molecule has 10 heteroatoms. The van der Waals surface area contributed by atoms with E-state index in [4.69, 9.17) is 15.2 Å². The van der Waals surface area contributed by atoms with Gasteiger partial charge >= 0.3 is 0 Å². The van der Waals surface area contributed by atoms with Gasteiger partial charge in [-0.1, -0.05) is 12.1 Å². The van der Waals surface area contributed by atoms with Gasteiger partial charge in [-0.05, 0) is 36.2 Å². The number of morpholine rings is 1. The molecule has 1 aliphatic heterocycles. The number of nitrogens with two attached hydrogens (primary N) is 1. The number of hydrogen-bond donors (Lipinski definition) is 1. The first kappa shape index (κ1) is 22.1. The number of carbonyl (C=O) groups is 1. The summed E-state index contributed by atoms with van der Waals surface area (Å²) in [4.78, 5) is 20.1. The maximum atomic E-state index is 12.3. The van der Waals surface area contributed by atoms with E-state index >= 15 is 0 Å². The van der Waals surface area contributed by atoms with Crippen LogP contribution < -0.4 is 10.5 Å². The first-order valence-electron chi connectivity index (χ1n) is 10.3. The van der Waals surface area contributed by atoms with Crippen LogP contribution in [0.25, 0.3) is 22.0 Å². The highest BCUT2D eigenvalue weighted by molar-refractivity contribution is 7.89. The Balaban J connectivity index is 1.39. The number of fused-ring (bicyclic) bond motifs is 1. The summed E-state index contributed by atoms with van der Waals surface area (Å²) in [5.74, 6) is 0.0891. The van der Waals surface area contributed by atoms with Gasteiger partial charge in [-0.25, -0.2) is 13.4 Å². The number of benzene rings is 1. The van der Waals surface area contributed by atoms with Gasteiger partial charge < -0.3 is 15.2 Å². The van der Waals surface area contributed by atoms with Crippen molar-refractivity contribution in [3.63, 3.8) is 0 Å². The Morgan fingerprint density at radius 1 is 1.09 bits per heavy atom. The zero-order valence-electron chi connectivity index (χ0n) is 17.4. The first-order chi connectivity index (χ1) is 15.4. The van der Waals surface area contributed by atoms with Crippen molar-refractivity contribution < 1.29 is 22.7 Å². The highest BCUT2D eigenvalue weighted by atomic mass is 32.2. The van der Waals surface area contributed by atoms with Gasteiger partial charge in [0.15, 0.2) is 0 Å². The molecular weight excluding hydrogens is 432 g/mol. The van der Waals surface area contributed by atoms with Crippen molar-refractivity contribution in [3.8, 4) is 16.9 Å². The monoisotopic (exact) mass is 456 g/mol. The average molecular weight is 457 g/mol. The Morgan fingerprint density at radius 2 is 1.84 bits per heavy atom. The smallest absolute Gasteiger partial charge is 0.267 e. The molecule has 9 nitrogen and oxygen atoms in total. The van der Waals surface area contributed by atoms with Gasteiger partial charge in [0, 0.05) is 36.4 Å². The van der Waals surface area contributed by atoms with E-state index in [2.05, 4.69) is 9.97 Å². The van der Waals surface area contributed by atoms with E-state index in [1.807, 2.05) is 24.3 Å². The SMILES string of the molecule is NC(=O)c1ccc2cncc(-c3ccc(OCCCS(=O)(=O)N4CCOCC4)cc3)c2n1. The van der Waals surface area contributed by atoms with Crippen LogP contribution in [0.1, 0.15) is 16.9 Å². The van der Waals surface area contributed by atoms with Crippen molar-refractivity contribution in [2.24, 2.45) is 5.73 Å². The molecule has 0 saturated carbocycles. The van der Waals surface area contributed by atoms with E-state index in [1.165, 1.54) is 4.31 Å². The normalized spacial score (nSPS) is 15.0. The highest BCUT2D eigenvalue weighted by Gasteiger charge is 2.23. The fourth-order valence-corrected chi connectivity index (χ4v) is 4.95. The summed E-state index contributed by atoms with van der Waals surface area (Å²) in [5, 5.41) is 0.800. The number of rotatable bonds is 8. The Bertz CT molecular complexity index is 1210. The Hall–Kier alpha value is -3.08. The number of nitrogens with zero attached hydrogens (tertiary/aromatic N) is 3. The van der Waals surface area contributed by atoms with Crippen LogP contribution in [0, 0.1) is 0 Å². The van der Waals surface area contributed by atoms with E-state index in [0.717, 1.165) is 16.5 Å². The lowest BCUT2D eigenvalue weighted by Crippen LogP contribution is -2.42. The van der Waals surface area contributed by atoms with Crippen molar-refractivity contribution in [2.45, 2.75) is 6.42 Å². The van der Waals surface area contributed by atoms with Crippen LogP contribution in [0.5, 0.6) is 5.75 Å². The molecule has 3 aromatic rings. The Labute approximate surface area is 186 Å². The molecule has 168 valence electrons. The molecule has 0 unspecified atom stereocenters. The molecule has 4 rings (SSSR count). The van der Waals surface area contributed by atoms with Crippen molar-refractivity contribution >= 4 is 26.8 Å². The third-order valence-electron chi connectivity index (χ3n) is 5.20. The zero-order chi connectivity index (χ0) is 22.6. The Kier molecular flexibility index (Phi) is 6.63. The van der Waals surface area contributed by atoms with E-state index in [9.17, 15) is 13.2 Å². The lowest BCUT2D eigenvalue weighted by Gasteiger charge is -2.25. The molecule has 0 spiro atoms. The van der Waals surface area contributed by atoms with E-state index in [1.54, 1.807) is 24.5 Å². The molecular formula is C22H24N4O5S. The second-order valence-corrected chi connectivity index (χ2v) is 9.46. The molecule has 2 aromatic heterocycles. The zero-order valence-corrected chi connectivity index (χ0v) is 18.3. The molecule has 0 aliphatic carbocycles. The molecule has 0 atom stereocenters. The number of primary amides is 1. The van der Waals surface area contributed by atoms with E-state index < -0.39 is 15.9 Å². The van der Waals surface area contributed by atoms with Gasteiger partial charge in [-0.2, -0.15) is 4.31 Å². The predicted molar refractivity (Wildman–Crippen MR) is 120 cm³/mol. The number of sulfonamides is 1. The van der Waals surface area contributed by atoms with Gasteiger partial charge in [0.25, 0.3) is 5.91 Å². The lowest BCUT2D eigenvalue weighted by molar-refractivity contribution is 0.0730. The van der Waals surface area contributed by atoms with Gasteiger partial charge in [0.2, 0.25) is 10.0 Å². The van der Waals surface area contributed by atoms with Crippen LogP contribution in [0.2, 0.25) is 0 Å². The largest absolute Gasteiger partial charge is 0.494 e. The van der Waals surface area contributed by atoms with Crippen molar-refractivity contribution in [1.29, 1.82) is 0 Å². The van der Waals surface area contributed by atoms with Gasteiger partial charge in [0.1, 0.15) is 11.4 Å². The van der Waals surface area contributed by atoms with E-state index in [0.29, 0.717) is 50.6 Å². The standard InChI is InChI=1S/C22H24N4O5S/c23-22(27)20-7-4-17-14-24-15-19(21(17)25-20)16-2-5-18(6-3-16)31-10-1-13-32(28,29)26-8-11-30-12-9-26/h2-7,14-15H,1,8-13H2,(H2,23,27). The van der Waals surface area contributed by atoms with E-state index in [-0.39, 0.29) is 11.4 Å². The molecule has 32 heavy (non-hydrogen) atoms. The molecule has 0 bridgehead atoms. The molecule has 1 fully saturated rings. The minimum Gasteiger partial charge on any atom is -0.494 e. The average Bonchev–Trinajstić information content (AvgIpc) is 2.82. The van der Waals surface area contributed by atoms with Crippen LogP contribution in [0.15, 0.2) is 48.8 Å². The second-order valence-electron chi connectivity index (χ2n) is 7.37. The summed E-state index contributed by atoms with van der Waals surface area (Å²) < 4.78 is 37.1. The topological polar surface area (TPSA) is 125 Å². The predicted octanol–water partition coefficient (Wildman–Crippen LogP) is 1.83. The second kappa shape index (κ2) is 9.60. The van der Waals surface area contributed by atoms with Crippen LogP contribution in [0.3, 0.4) is 0 Å². The highest BCUT2D eigenvalue weighted by Crippen LogP contribution is 2.28. The fourth-order valence-electron chi connectivity index (χ4n) is 3.51. The lowest BCUT2D eigenvalue weighted by atomic mass is 10.0. The third kappa shape index (κ3) is 5.04. The maximum Gasteiger partial charge on any atom is 0.267 e. The molecule has 1 amide bonds.